The van der Waals surface area contributed by atoms with E-state index in [0.29, 0.717) is 20.6 Å². The zero-order valence-electron chi connectivity index (χ0n) is 14.4. The van der Waals surface area contributed by atoms with Crippen molar-refractivity contribution in [3.05, 3.63) is 79.7 Å². The molecule has 0 saturated carbocycles. The molecule has 0 atom stereocenters. The highest BCUT2D eigenvalue weighted by Crippen LogP contribution is 2.22. The zero-order chi connectivity index (χ0) is 18.5. The molecule has 0 spiro atoms. The van der Waals surface area contributed by atoms with Crippen LogP contribution < -0.4 is 24.8 Å². The van der Waals surface area contributed by atoms with Crippen LogP contribution in [0.25, 0.3) is 12.2 Å². The number of thiazole rings is 1. The molecule has 1 aromatic heterocycles. The normalized spacial score (nSPS) is 12.2. The van der Waals surface area contributed by atoms with Crippen LogP contribution in [0, 0.1) is 0 Å². The summed E-state index contributed by atoms with van der Waals surface area (Å²) in [6.07, 6.45) is 3.24. The Hall–Kier alpha value is -3.12. The minimum Gasteiger partial charge on any atom is -0.495 e. The van der Waals surface area contributed by atoms with Crippen molar-refractivity contribution in [2.24, 2.45) is 7.05 Å². The van der Waals surface area contributed by atoms with Crippen LogP contribution in [0.15, 0.2) is 59.4 Å². The Labute approximate surface area is 154 Å². The monoisotopic (exact) mass is 366 g/mol. The van der Waals surface area contributed by atoms with Crippen LogP contribution in [-0.4, -0.2) is 17.6 Å². The summed E-state index contributed by atoms with van der Waals surface area (Å²) in [5.41, 5.74) is 1.39. The summed E-state index contributed by atoms with van der Waals surface area (Å²) >= 11 is 1.28. The lowest BCUT2D eigenvalue weighted by Crippen LogP contribution is -2.29. The van der Waals surface area contributed by atoms with Gasteiger partial charge in [-0.1, -0.05) is 42.5 Å². The van der Waals surface area contributed by atoms with Gasteiger partial charge >= 0.3 is 0 Å². The maximum absolute atomic E-state index is 12.4. The number of carbonyl (C=O) groups is 1. The smallest absolute Gasteiger partial charge is 0.268 e. The number of methoxy groups -OCH3 is 1. The minimum absolute atomic E-state index is 0.129. The SMILES string of the molecule is COc1ccccc1NC(=O)/C=c1\s/c(=C\c2ccccc2)c(=O)n1C. The summed E-state index contributed by atoms with van der Waals surface area (Å²) in [5, 5.41) is 2.78. The molecule has 1 heterocycles. The van der Waals surface area contributed by atoms with E-state index in [0.717, 1.165) is 5.56 Å². The summed E-state index contributed by atoms with van der Waals surface area (Å²) in [5.74, 6) is 0.255. The highest BCUT2D eigenvalue weighted by molar-refractivity contribution is 7.07. The van der Waals surface area contributed by atoms with Gasteiger partial charge in [-0.2, -0.15) is 0 Å². The highest BCUT2D eigenvalue weighted by Gasteiger charge is 2.06. The first-order valence-corrected chi connectivity index (χ1v) is 8.78. The summed E-state index contributed by atoms with van der Waals surface area (Å²) in [6.45, 7) is 0. The van der Waals surface area contributed by atoms with Crippen LogP contribution in [-0.2, 0) is 11.8 Å². The molecule has 0 unspecified atom stereocenters. The maximum atomic E-state index is 12.4. The summed E-state index contributed by atoms with van der Waals surface area (Å²) < 4.78 is 7.85. The Morgan fingerprint density at radius 2 is 1.81 bits per heavy atom. The average molecular weight is 366 g/mol. The molecule has 0 saturated heterocycles. The fourth-order valence-corrected chi connectivity index (χ4v) is 3.47. The number of anilines is 1. The number of nitrogens with zero attached hydrogens (tertiary/aromatic N) is 1. The molecule has 3 rings (SSSR count). The number of ether oxygens (including phenoxy) is 1. The highest BCUT2D eigenvalue weighted by atomic mass is 32.1. The first-order chi connectivity index (χ1) is 12.6. The van der Waals surface area contributed by atoms with Crippen molar-refractivity contribution in [1.29, 1.82) is 0 Å². The summed E-state index contributed by atoms with van der Waals surface area (Å²) in [6, 6.07) is 16.8. The fourth-order valence-electron chi connectivity index (χ4n) is 2.44. The molecule has 0 radical (unpaired) electrons. The number of hydrogen-bond donors (Lipinski definition) is 1. The van der Waals surface area contributed by atoms with Gasteiger partial charge in [-0.3, -0.25) is 9.59 Å². The molecule has 2 aromatic carbocycles. The summed E-state index contributed by atoms with van der Waals surface area (Å²) in [4.78, 5) is 24.7. The number of benzene rings is 2. The van der Waals surface area contributed by atoms with Crippen LogP contribution in [0.5, 0.6) is 5.75 Å². The topological polar surface area (TPSA) is 60.3 Å². The predicted octanol–water partition coefficient (Wildman–Crippen LogP) is 1.70. The van der Waals surface area contributed by atoms with Gasteiger partial charge < -0.3 is 14.6 Å². The molecule has 5 nitrogen and oxygen atoms in total. The Bertz CT molecular complexity index is 1100. The molecule has 6 heteroatoms. The van der Waals surface area contributed by atoms with Crippen molar-refractivity contribution in [3.63, 3.8) is 0 Å². The second-order valence-electron chi connectivity index (χ2n) is 5.56. The second kappa shape index (κ2) is 7.84. The largest absolute Gasteiger partial charge is 0.495 e. The average Bonchev–Trinajstić information content (AvgIpc) is 2.91. The van der Waals surface area contributed by atoms with Gasteiger partial charge in [-0.25, -0.2) is 0 Å². The minimum atomic E-state index is -0.322. The molecule has 0 fully saturated rings. The van der Waals surface area contributed by atoms with Gasteiger partial charge in [0.1, 0.15) is 10.4 Å². The predicted molar refractivity (Wildman–Crippen MR) is 105 cm³/mol. The van der Waals surface area contributed by atoms with Gasteiger partial charge in [0.25, 0.3) is 11.5 Å². The molecule has 0 aliphatic rings. The van der Waals surface area contributed by atoms with E-state index >= 15 is 0 Å². The van der Waals surface area contributed by atoms with E-state index in [9.17, 15) is 9.59 Å². The van der Waals surface area contributed by atoms with Crippen molar-refractivity contribution in [1.82, 2.24) is 4.57 Å². The third-order valence-electron chi connectivity index (χ3n) is 3.78. The lowest BCUT2D eigenvalue weighted by molar-refractivity contribution is -0.110. The van der Waals surface area contributed by atoms with Gasteiger partial charge in [-0.15, -0.1) is 11.3 Å². The van der Waals surface area contributed by atoms with Crippen LogP contribution in [0.4, 0.5) is 5.69 Å². The third-order valence-corrected chi connectivity index (χ3v) is 4.89. The lowest BCUT2D eigenvalue weighted by atomic mass is 10.2. The van der Waals surface area contributed by atoms with Crippen LogP contribution in [0.3, 0.4) is 0 Å². The number of hydrogen-bond acceptors (Lipinski definition) is 4. The zero-order valence-corrected chi connectivity index (χ0v) is 15.2. The van der Waals surface area contributed by atoms with E-state index in [1.54, 1.807) is 26.3 Å². The van der Waals surface area contributed by atoms with Crippen LogP contribution >= 0.6 is 11.3 Å². The van der Waals surface area contributed by atoms with Gasteiger partial charge in [-0.05, 0) is 23.8 Å². The van der Waals surface area contributed by atoms with E-state index in [2.05, 4.69) is 5.32 Å². The number of carbonyl (C=O) groups excluding carboxylic acids is 1. The van der Waals surface area contributed by atoms with E-state index < -0.39 is 0 Å². The number of nitrogens with one attached hydrogen (secondary N) is 1. The molecule has 0 aliphatic heterocycles. The lowest BCUT2D eigenvalue weighted by Gasteiger charge is -2.07. The Morgan fingerprint density at radius 1 is 1.12 bits per heavy atom. The molecule has 0 aliphatic carbocycles. The Morgan fingerprint density at radius 3 is 2.54 bits per heavy atom. The second-order valence-corrected chi connectivity index (χ2v) is 6.62. The quantitative estimate of drug-likeness (QED) is 0.765. The number of para-hydroxylation sites is 2. The van der Waals surface area contributed by atoms with Crippen molar-refractivity contribution < 1.29 is 9.53 Å². The van der Waals surface area contributed by atoms with E-state index in [4.69, 9.17) is 4.74 Å². The molecular formula is C20H18N2O3S. The van der Waals surface area contributed by atoms with Crippen LogP contribution in [0.1, 0.15) is 5.56 Å². The third kappa shape index (κ3) is 3.92. The van der Waals surface area contributed by atoms with Crippen molar-refractivity contribution >= 4 is 35.1 Å². The van der Waals surface area contributed by atoms with E-state index in [1.165, 1.54) is 22.0 Å². The molecule has 26 heavy (non-hydrogen) atoms. The fraction of sp³-hybridized carbons (Fsp3) is 0.100. The number of amides is 1. The van der Waals surface area contributed by atoms with Crippen molar-refractivity contribution in [2.45, 2.75) is 0 Å². The Kier molecular flexibility index (Phi) is 5.34. The standard InChI is InChI=1S/C20H18N2O3S/c1-22-19(13-18(23)21-15-10-6-7-11-16(15)25-2)26-17(20(22)24)12-14-8-4-3-5-9-14/h3-13H,1-2H3,(H,21,23)/b17-12-,19-13-. The molecule has 132 valence electrons. The van der Waals surface area contributed by atoms with Gasteiger partial charge in [0.15, 0.2) is 0 Å². The van der Waals surface area contributed by atoms with Gasteiger partial charge in [0, 0.05) is 13.1 Å². The van der Waals surface area contributed by atoms with Gasteiger partial charge in [0.2, 0.25) is 0 Å². The first kappa shape index (κ1) is 17.7. The first-order valence-electron chi connectivity index (χ1n) is 7.97. The number of rotatable bonds is 4. The van der Waals surface area contributed by atoms with E-state index in [1.807, 2.05) is 48.5 Å². The molecule has 0 bridgehead atoms. The molecular weight excluding hydrogens is 348 g/mol. The van der Waals surface area contributed by atoms with Crippen molar-refractivity contribution in [3.8, 4) is 5.75 Å². The molecule has 3 aromatic rings. The Balaban J connectivity index is 1.94. The van der Waals surface area contributed by atoms with Gasteiger partial charge in [0.05, 0.1) is 17.3 Å². The molecule has 1 amide bonds. The maximum Gasteiger partial charge on any atom is 0.268 e. The van der Waals surface area contributed by atoms with Crippen LogP contribution in [0.2, 0.25) is 0 Å². The van der Waals surface area contributed by atoms with E-state index in [-0.39, 0.29) is 11.5 Å². The number of aromatic nitrogens is 1. The summed E-state index contributed by atoms with van der Waals surface area (Å²) in [7, 11) is 3.20. The van der Waals surface area contributed by atoms with Crippen molar-refractivity contribution in [2.75, 3.05) is 12.4 Å². The molecule has 1 N–H and O–H groups in total.